The number of nitrogens with zero attached hydrogens (tertiary/aromatic N) is 3. The number of unbranched alkanes of at least 4 members (excludes halogenated alkanes) is 2. The molecule has 3 amide bonds. The van der Waals surface area contributed by atoms with E-state index in [2.05, 4.69) is 15.6 Å². The third-order valence-electron chi connectivity index (χ3n) is 13.9. The number of hydrogen-bond donors (Lipinski definition) is 5. The Kier molecular flexibility index (Phi) is 16.4. The maximum atomic E-state index is 14.4. The van der Waals surface area contributed by atoms with Crippen molar-refractivity contribution in [2.75, 3.05) is 24.0 Å². The summed E-state index contributed by atoms with van der Waals surface area (Å²) in [7, 11) is -4.74. The first-order chi connectivity index (χ1) is 35.5. The molecule has 0 radical (unpaired) electrons. The van der Waals surface area contributed by atoms with Gasteiger partial charge in [-0.2, -0.15) is 13.2 Å². The number of rotatable bonds is 19. The largest absolute Gasteiger partial charge is 0.508 e. The molecule has 7 atom stereocenters. The van der Waals surface area contributed by atoms with Crippen LogP contribution in [-0.2, 0) is 29.1 Å². The minimum Gasteiger partial charge on any atom is -0.508 e. The molecule has 0 aliphatic carbocycles. The lowest BCUT2D eigenvalue weighted by Crippen LogP contribution is -2.57. The van der Waals surface area contributed by atoms with Crippen molar-refractivity contribution < 1.29 is 60.8 Å². The molecular formula is C55H62F3N5O10S2. The van der Waals surface area contributed by atoms with Crippen LogP contribution in [0.3, 0.4) is 0 Å². The number of ether oxygens (including phenoxy) is 2. The molecule has 400 valence electrons. The van der Waals surface area contributed by atoms with Gasteiger partial charge in [0.1, 0.15) is 47.2 Å². The molecule has 8 rings (SSSR count). The number of likely N-dealkylation sites (tertiary alicyclic amines) is 1. The molecule has 5 aromatic rings. The fourth-order valence-electron chi connectivity index (χ4n) is 10.0. The summed E-state index contributed by atoms with van der Waals surface area (Å²) in [6.45, 7) is 7.57. The normalized spacial score (nSPS) is 20.5. The number of hydrogen-bond acceptors (Lipinski definition) is 12. The van der Waals surface area contributed by atoms with Gasteiger partial charge in [0.25, 0.3) is 0 Å². The van der Waals surface area contributed by atoms with Crippen LogP contribution in [0.5, 0.6) is 17.2 Å². The maximum Gasteiger partial charge on any atom is 0.407 e. The molecule has 75 heavy (non-hydrogen) atoms. The van der Waals surface area contributed by atoms with Crippen LogP contribution < -0.4 is 19.7 Å². The molecule has 5 N–H and O–H groups in total. The summed E-state index contributed by atoms with van der Waals surface area (Å²) in [5.74, 6) is -0.978. The van der Waals surface area contributed by atoms with Crippen molar-refractivity contribution in [2.24, 2.45) is 5.41 Å². The van der Waals surface area contributed by atoms with Gasteiger partial charge in [-0.05, 0) is 127 Å². The number of carbonyl (C=O) groups excluding carboxylic acids is 3. The molecule has 1 aromatic heterocycles. The number of nitrogens with one attached hydrogen (secondary N) is 2. The van der Waals surface area contributed by atoms with Gasteiger partial charge < -0.3 is 40.3 Å². The van der Waals surface area contributed by atoms with Gasteiger partial charge in [0.05, 0.1) is 46.6 Å². The summed E-state index contributed by atoms with van der Waals surface area (Å²) in [6, 6.07) is 23.1. The van der Waals surface area contributed by atoms with Crippen LogP contribution in [0.2, 0.25) is 0 Å². The van der Waals surface area contributed by atoms with Gasteiger partial charge in [-0.3, -0.25) is 18.7 Å². The van der Waals surface area contributed by atoms with Crippen molar-refractivity contribution in [2.45, 2.75) is 121 Å². The molecule has 0 saturated carbocycles. The summed E-state index contributed by atoms with van der Waals surface area (Å²) in [4.78, 5) is 47.9. The van der Waals surface area contributed by atoms with Crippen LogP contribution in [0.4, 0.5) is 18.9 Å². The summed E-state index contributed by atoms with van der Waals surface area (Å²) in [6.07, 6.45) is -6.24. The molecule has 3 aliphatic rings. The Bertz CT molecular complexity index is 2980. The Balaban J connectivity index is 0.837. The van der Waals surface area contributed by atoms with Crippen molar-refractivity contribution >= 4 is 55.9 Å². The monoisotopic (exact) mass is 1070 g/mol. The van der Waals surface area contributed by atoms with Gasteiger partial charge in [0, 0.05) is 19.4 Å². The number of aromatic hydroxyl groups is 2. The number of amides is 3. The highest BCUT2D eigenvalue weighted by Crippen LogP contribution is 2.52. The summed E-state index contributed by atoms with van der Waals surface area (Å²) < 4.78 is 83.9. The predicted molar refractivity (Wildman–Crippen MR) is 279 cm³/mol. The lowest BCUT2D eigenvalue weighted by Gasteiger charge is -2.35. The Morgan fingerprint density at radius 2 is 1.47 bits per heavy atom. The van der Waals surface area contributed by atoms with Crippen LogP contribution in [-0.4, -0.2) is 113 Å². The maximum absolute atomic E-state index is 14.4. The SMILES string of the molecule is Cc1ncsc1-c1ccc(C(C)NC(=O)C2CC(O)CN2C(=O)C(NC(=O)CCCCCOc2ccc(N(CC(F)(F)F)S(=O)(=O)C3CC4OC3C(c3ccc(O)cc3)=C4c3ccc(O)cc3)cc2)C(C)(C)C)cc1. The lowest BCUT2D eigenvalue weighted by molar-refractivity contribution is -0.144. The number of aliphatic hydroxyl groups excluding tert-OH is 1. The standard InChI is InChI=1S/C55H62F3N5O10S2/c1-32(34-10-12-37(13-11-34)50-33(2)59-31-74-50)60-52(68)43-27-41(66)29-62(43)53(69)51(54(3,4)5)61-46(67)9-7-6-8-26-72-42-24-18-38(19-25-42)63(30-55(56,57)58)75(70,71)45-28-44-47(35-14-20-39(64)21-15-35)48(49(45)73-44)36-16-22-40(65)23-17-36/h10-25,31-32,41,43-45,49,51,64-66H,6-9,26-30H2,1-5H3,(H,60,68)(H,61,67). The quantitative estimate of drug-likeness (QED) is 0.0495. The van der Waals surface area contributed by atoms with Crippen molar-refractivity contribution in [3.05, 3.63) is 125 Å². The Morgan fingerprint density at radius 1 is 0.853 bits per heavy atom. The third-order valence-corrected chi connectivity index (χ3v) is 17.0. The molecule has 4 heterocycles. The molecule has 20 heteroatoms. The fourth-order valence-corrected chi connectivity index (χ4v) is 12.8. The topological polar surface area (TPSA) is 208 Å². The van der Waals surface area contributed by atoms with E-state index in [1.165, 1.54) is 53.4 Å². The third kappa shape index (κ3) is 12.6. The predicted octanol–water partition coefficient (Wildman–Crippen LogP) is 8.69. The van der Waals surface area contributed by atoms with Gasteiger partial charge in [-0.1, -0.05) is 69.3 Å². The summed E-state index contributed by atoms with van der Waals surface area (Å²) in [5.41, 5.74) is 5.94. The van der Waals surface area contributed by atoms with Gasteiger partial charge >= 0.3 is 6.18 Å². The minimum atomic E-state index is -4.90. The van der Waals surface area contributed by atoms with Gasteiger partial charge in [0.15, 0.2) is 0 Å². The average molecular weight is 1070 g/mol. The number of phenolic OH excluding ortho intramolecular Hbond substituents is 2. The first-order valence-electron chi connectivity index (χ1n) is 24.9. The van der Waals surface area contributed by atoms with E-state index < -0.39 is 81.7 Å². The van der Waals surface area contributed by atoms with Crippen molar-refractivity contribution in [3.8, 4) is 27.7 Å². The molecule has 4 aromatic carbocycles. The fraction of sp³-hybridized carbons (Fsp3) is 0.418. The van der Waals surface area contributed by atoms with Gasteiger partial charge in [0.2, 0.25) is 27.7 Å². The smallest absolute Gasteiger partial charge is 0.407 e. The average Bonchev–Trinajstić information content (AvgIpc) is 4.21. The van der Waals surface area contributed by atoms with Crippen LogP contribution in [0.25, 0.3) is 21.6 Å². The number of aliphatic hydroxyl groups is 1. The number of thiazole rings is 1. The van der Waals surface area contributed by atoms with Gasteiger partial charge in [-0.15, -0.1) is 11.3 Å². The van der Waals surface area contributed by atoms with E-state index in [0.717, 1.165) is 21.7 Å². The molecule has 3 aliphatic heterocycles. The van der Waals surface area contributed by atoms with E-state index in [0.29, 0.717) is 45.8 Å². The Hall–Kier alpha value is -6.48. The van der Waals surface area contributed by atoms with E-state index in [4.69, 9.17) is 9.47 Å². The van der Waals surface area contributed by atoms with Crippen LogP contribution in [0, 0.1) is 12.3 Å². The number of β-amino-alcohol motifs (C(OH)–C–C–N with tert-alkyl or cyclic N) is 1. The number of halogens is 3. The van der Waals surface area contributed by atoms with E-state index in [9.17, 15) is 51.3 Å². The molecule has 2 saturated heterocycles. The highest BCUT2D eigenvalue weighted by Gasteiger charge is 2.55. The molecular weight excluding hydrogens is 1010 g/mol. The van der Waals surface area contributed by atoms with Crippen molar-refractivity contribution in [3.63, 3.8) is 0 Å². The number of fused-ring (bicyclic) bond motifs is 2. The number of carbonyl (C=O) groups is 3. The molecule has 0 spiro atoms. The number of sulfonamides is 1. The Morgan fingerprint density at radius 3 is 2.05 bits per heavy atom. The lowest BCUT2D eigenvalue weighted by atomic mass is 9.83. The van der Waals surface area contributed by atoms with Crippen LogP contribution >= 0.6 is 11.3 Å². The van der Waals surface area contributed by atoms with Gasteiger partial charge in [-0.25, -0.2) is 13.4 Å². The molecule has 7 unspecified atom stereocenters. The second-order valence-electron chi connectivity index (χ2n) is 20.4. The molecule has 2 bridgehead atoms. The minimum absolute atomic E-state index is 0.0154. The number of phenols is 2. The van der Waals surface area contributed by atoms with E-state index in [-0.39, 0.29) is 61.3 Å². The number of anilines is 1. The van der Waals surface area contributed by atoms with E-state index in [1.54, 1.807) is 41.1 Å². The van der Waals surface area contributed by atoms with E-state index in [1.807, 2.05) is 58.9 Å². The van der Waals surface area contributed by atoms with Crippen molar-refractivity contribution in [1.29, 1.82) is 0 Å². The zero-order chi connectivity index (χ0) is 54.0. The Labute approximate surface area is 438 Å². The molecule has 15 nitrogen and oxygen atoms in total. The first-order valence-corrected chi connectivity index (χ1v) is 27.2. The number of aryl methyl sites for hydroxylation is 1. The highest BCUT2D eigenvalue weighted by molar-refractivity contribution is 7.93. The van der Waals surface area contributed by atoms with E-state index >= 15 is 0 Å². The highest BCUT2D eigenvalue weighted by atomic mass is 32.2. The zero-order valence-corrected chi connectivity index (χ0v) is 43.8. The van der Waals surface area contributed by atoms with Crippen LogP contribution in [0.15, 0.2) is 103 Å². The summed E-state index contributed by atoms with van der Waals surface area (Å²) in [5, 5.41) is 35.1. The number of benzene rings is 4. The molecule has 2 fully saturated rings. The number of aromatic nitrogens is 1. The summed E-state index contributed by atoms with van der Waals surface area (Å²) >= 11 is 1.55. The second kappa shape index (κ2) is 22.4. The number of alkyl halides is 3. The van der Waals surface area contributed by atoms with Crippen LogP contribution in [0.1, 0.15) is 94.6 Å². The van der Waals surface area contributed by atoms with Crippen molar-refractivity contribution in [1.82, 2.24) is 20.5 Å². The zero-order valence-electron chi connectivity index (χ0n) is 42.2. The first kappa shape index (κ1) is 54.8. The second-order valence-corrected chi connectivity index (χ2v) is 23.4.